The molecule has 3 aromatic rings. The van der Waals surface area contributed by atoms with Crippen molar-refractivity contribution in [2.45, 2.75) is 31.6 Å². The standard InChI is InChI=1S/C21H22N2O4S/c1-14-15(2)22-27-21(14)17-10-11-19(26-3)20(13-17)28(24,25)23-12-6-8-16-7-4-5-9-18(16)23/h4-5,7,9-11,13H,6,8,12H2,1-3H3. The average Bonchev–Trinajstić information content (AvgIpc) is 3.05. The first-order valence-corrected chi connectivity index (χ1v) is 10.6. The van der Waals surface area contributed by atoms with Gasteiger partial charge in [-0.3, -0.25) is 4.31 Å². The van der Waals surface area contributed by atoms with Crippen LogP contribution in [0.2, 0.25) is 0 Å². The van der Waals surface area contributed by atoms with E-state index in [4.69, 9.17) is 9.26 Å². The summed E-state index contributed by atoms with van der Waals surface area (Å²) in [5.74, 6) is 0.872. The van der Waals surface area contributed by atoms with Gasteiger partial charge in [0, 0.05) is 17.7 Å². The molecule has 0 bridgehead atoms. The van der Waals surface area contributed by atoms with Gasteiger partial charge in [0.15, 0.2) is 5.76 Å². The maximum absolute atomic E-state index is 13.6. The second-order valence-electron chi connectivity index (χ2n) is 6.90. The van der Waals surface area contributed by atoms with E-state index in [-0.39, 0.29) is 4.90 Å². The average molecular weight is 398 g/mol. The Kier molecular flexibility index (Phi) is 4.63. The summed E-state index contributed by atoms with van der Waals surface area (Å²) in [6, 6.07) is 12.7. The molecule has 28 heavy (non-hydrogen) atoms. The molecular weight excluding hydrogens is 376 g/mol. The summed E-state index contributed by atoms with van der Waals surface area (Å²) < 4.78 is 39.5. The molecule has 1 aliphatic heterocycles. The molecule has 0 saturated carbocycles. The number of rotatable bonds is 4. The van der Waals surface area contributed by atoms with E-state index in [2.05, 4.69) is 5.16 Å². The molecule has 7 heteroatoms. The molecule has 0 saturated heterocycles. The van der Waals surface area contributed by atoms with Gasteiger partial charge in [-0.1, -0.05) is 23.4 Å². The summed E-state index contributed by atoms with van der Waals surface area (Å²) in [6.45, 7) is 4.20. The van der Waals surface area contributed by atoms with Crippen molar-refractivity contribution < 1.29 is 17.7 Å². The molecule has 0 fully saturated rings. The molecule has 2 heterocycles. The van der Waals surface area contributed by atoms with Crippen LogP contribution in [-0.4, -0.2) is 27.2 Å². The van der Waals surface area contributed by atoms with Crippen LogP contribution in [-0.2, 0) is 16.4 Å². The van der Waals surface area contributed by atoms with Crippen molar-refractivity contribution in [3.8, 4) is 17.1 Å². The highest BCUT2D eigenvalue weighted by Gasteiger charge is 2.32. The van der Waals surface area contributed by atoms with Crippen LogP contribution in [0.3, 0.4) is 0 Å². The predicted octanol–water partition coefficient (Wildman–Crippen LogP) is 4.11. The van der Waals surface area contributed by atoms with Gasteiger partial charge in [0.05, 0.1) is 18.5 Å². The number of sulfonamides is 1. The van der Waals surface area contributed by atoms with Gasteiger partial charge in [-0.2, -0.15) is 0 Å². The van der Waals surface area contributed by atoms with Crippen LogP contribution in [0.5, 0.6) is 5.75 Å². The van der Waals surface area contributed by atoms with Crippen molar-refractivity contribution in [1.29, 1.82) is 0 Å². The third kappa shape index (κ3) is 2.96. The lowest BCUT2D eigenvalue weighted by Gasteiger charge is -2.31. The molecule has 2 aromatic carbocycles. The third-order valence-electron chi connectivity index (χ3n) is 5.22. The van der Waals surface area contributed by atoms with E-state index in [0.717, 1.165) is 35.3 Å². The summed E-state index contributed by atoms with van der Waals surface area (Å²) >= 11 is 0. The first-order chi connectivity index (χ1) is 13.4. The molecular formula is C21H22N2O4S. The molecule has 0 atom stereocenters. The van der Waals surface area contributed by atoms with E-state index in [1.54, 1.807) is 18.2 Å². The number of anilines is 1. The molecule has 1 aliphatic rings. The van der Waals surface area contributed by atoms with Gasteiger partial charge in [0.2, 0.25) is 0 Å². The van der Waals surface area contributed by atoms with Gasteiger partial charge in [0.1, 0.15) is 10.6 Å². The normalized spacial score (nSPS) is 14.0. The Morgan fingerprint density at radius 2 is 1.93 bits per heavy atom. The molecule has 4 rings (SSSR count). The lowest BCUT2D eigenvalue weighted by atomic mass is 10.0. The maximum Gasteiger partial charge on any atom is 0.268 e. The number of para-hydroxylation sites is 1. The zero-order valence-electron chi connectivity index (χ0n) is 16.1. The van der Waals surface area contributed by atoms with Crippen molar-refractivity contribution in [3.05, 3.63) is 59.3 Å². The SMILES string of the molecule is COc1ccc(-c2onc(C)c2C)cc1S(=O)(=O)N1CCCc2ccccc21. The number of ether oxygens (including phenoxy) is 1. The van der Waals surface area contributed by atoms with Crippen LogP contribution < -0.4 is 9.04 Å². The third-order valence-corrected chi connectivity index (χ3v) is 7.05. The van der Waals surface area contributed by atoms with Crippen LogP contribution in [0, 0.1) is 13.8 Å². The monoisotopic (exact) mass is 398 g/mol. The summed E-state index contributed by atoms with van der Waals surface area (Å²) in [4.78, 5) is 0.123. The van der Waals surface area contributed by atoms with Gasteiger partial charge in [0.25, 0.3) is 10.0 Å². The van der Waals surface area contributed by atoms with Crippen molar-refractivity contribution in [2.75, 3.05) is 18.0 Å². The Bertz CT molecular complexity index is 1140. The fourth-order valence-electron chi connectivity index (χ4n) is 3.57. The van der Waals surface area contributed by atoms with Crippen molar-refractivity contribution in [2.24, 2.45) is 0 Å². The van der Waals surface area contributed by atoms with Gasteiger partial charge in [-0.15, -0.1) is 0 Å². The Balaban J connectivity index is 1.86. The highest BCUT2D eigenvalue weighted by atomic mass is 32.2. The van der Waals surface area contributed by atoms with Crippen LogP contribution in [0.25, 0.3) is 11.3 Å². The van der Waals surface area contributed by atoms with Crippen LogP contribution in [0.15, 0.2) is 51.9 Å². The minimum absolute atomic E-state index is 0.123. The number of aryl methyl sites for hydroxylation is 2. The Morgan fingerprint density at radius 1 is 1.14 bits per heavy atom. The number of hydrogen-bond donors (Lipinski definition) is 0. The molecule has 6 nitrogen and oxygen atoms in total. The van der Waals surface area contributed by atoms with E-state index in [1.807, 2.05) is 38.1 Å². The quantitative estimate of drug-likeness (QED) is 0.661. The highest BCUT2D eigenvalue weighted by Crippen LogP contribution is 2.37. The van der Waals surface area contributed by atoms with Crippen molar-refractivity contribution in [3.63, 3.8) is 0 Å². The number of aromatic nitrogens is 1. The summed E-state index contributed by atoms with van der Waals surface area (Å²) in [5.41, 5.74) is 4.09. The second kappa shape index (κ2) is 6.98. The maximum atomic E-state index is 13.6. The lowest BCUT2D eigenvalue weighted by Crippen LogP contribution is -2.35. The minimum Gasteiger partial charge on any atom is -0.495 e. The molecule has 0 unspecified atom stereocenters. The van der Waals surface area contributed by atoms with Crippen LogP contribution >= 0.6 is 0 Å². The topological polar surface area (TPSA) is 72.6 Å². The van der Waals surface area contributed by atoms with E-state index in [9.17, 15) is 8.42 Å². The van der Waals surface area contributed by atoms with E-state index < -0.39 is 10.0 Å². The molecule has 0 spiro atoms. The number of benzene rings is 2. The predicted molar refractivity (Wildman–Crippen MR) is 107 cm³/mol. The first kappa shape index (κ1) is 18.6. The zero-order chi connectivity index (χ0) is 19.9. The molecule has 146 valence electrons. The second-order valence-corrected chi connectivity index (χ2v) is 8.73. The van der Waals surface area contributed by atoms with Gasteiger partial charge >= 0.3 is 0 Å². The smallest absolute Gasteiger partial charge is 0.268 e. The largest absolute Gasteiger partial charge is 0.495 e. The summed E-state index contributed by atoms with van der Waals surface area (Å²) in [7, 11) is -2.33. The van der Waals surface area contributed by atoms with Crippen LogP contribution in [0.1, 0.15) is 23.2 Å². The van der Waals surface area contributed by atoms with Gasteiger partial charge in [-0.25, -0.2) is 8.42 Å². The molecule has 0 N–H and O–H groups in total. The fraction of sp³-hybridized carbons (Fsp3) is 0.286. The fourth-order valence-corrected chi connectivity index (χ4v) is 5.30. The van der Waals surface area contributed by atoms with Gasteiger partial charge < -0.3 is 9.26 Å². The van der Waals surface area contributed by atoms with E-state index >= 15 is 0 Å². The molecule has 0 amide bonds. The Labute approximate surface area is 164 Å². The number of fused-ring (bicyclic) bond motifs is 1. The Hall–Kier alpha value is -2.80. The highest BCUT2D eigenvalue weighted by molar-refractivity contribution is 7.93. The van der Waals surface area contributed by atoms with Gasteiger partial charge in [-0.05, 0) is 56.5 Å². The van der Waals surface area contributed by atoms with Crippen LogP contribution in [0.4, 0.5) is 5.69 Å². The van der Waals surface area contributed by atoms with E-state index in [0.29, 0.717) is 23.6 Å². The molecule has 1 aromatic heterocycles. The van der Waals surface area contributed by atoms with Crippen molar-refractivity contribution in [1.82, 2.24) is 5.16 Å². The number of nitrogens with zero attached hydrogens (tertiary/aromatic N) is 2. The Morgan fingerprint density at radius 3 is 2.64 bits per heavy atom. The minimum atomic E-state index is -3.81. The van der Waals surface area contributed by atoms with E-state index in [1.165, 1.54) is 11.4 Å². The van der Waals surface area contributed by atoms with Crippen molar-refractivity contribution >= 4 is 15.7 Å². The summed E-state index contributed by atoms with van der Waals surface area (Å²) in [5, 5.41) is 3.98. The molecule has 0 radical (unpaired) electrons. The summed E-state index contributed by atoms with van der Waals surface area (Å²) in [6.07, 6.45) is 1.65. The first-order valence-electron chi connectivity index (χ1n) is 9.15. The number of hydrogen-bond acceptors (Lipinski definition) is 5. The zero-order valence-corrected chi connectivity index (χ0v) is 16.9. The number of methoxy groups -OCH3 is 1. The lowest BCUT2D eigenvalue weighted by molar-refractivity contribution is 0.402. The molecule has 0 aliphatic carbocycles.